The summed E-state index contributed by atoms with van der Waals surface area (Å²) in [6.07, 6.45) is 0.147. The zero-order valence-electron chi connectivity index (χ0n) is 12.3. The first kappa shape index (κ1) is 14.4. The Kier molecular flexibility index (Phi) is 4.48. The molecule has 0 aliphatic carbocycles. The summed E-state index contributed by atoms with van der Waals surface area (Å²) in [7, 11) is 4.11. The lowest BCUT2D eigenvalue weighted by Crippen LogP contribution is -2.37. The van der Waals surface area contributed by atoms with Gasteiger partial charge in [0, 0.05) is 17.9 Å². The van der Waals surface area contributed by atoms with Crippen molar-refractivity contribution in [3.8, 4) is 0 Å². The van der Waals surface area contributed by atoms with E-state index in [1.807, 2.05) is 0 Å². The fourth-order valence-electron chi connectivity index (χ4n) is 2.00. The monoisotopic (exact) mass is 241 g/mol. The van der Waals surface area contributed by atoms with Gasteiger partial charge in [-0.3, -0.25) is 0 Å². The lowest BCUT2D eigenvalue weighted by Gasteiger charge is -2.36. The molecule has 0 aromatic carbocycles. The molecule has 0 saturated heterocycles. The summed E-state index contributed by atoms with van der Waals surface area (Å²) in [5.41, 5.74) is 0.0166. The van der Waals surface area contributed by atoms with Crippen molar-refractivity contribution >= 4 is 0 Å². The molecular weight excluding hydrogens is 214 g/mol. The molecule has 0 fully saturated rings. The highest BCUT2D eigenvalue weighted by Crippen LogP contribution is 2.35. The van der Waals surface area contributed by atoms with E-state index in [9.17, 15) is 0 Å². The second kappa shape index (κ2) is 5.30. The van der Waals surface area contributed by atoms with E-state index in [1.54, 1.807) is 0 Å². The number of hydrogen-bond acceptors (Lipinski definition) is 3. The Morgan fingerprint density at radius 2 is 1.88 bits per heavy atom. The van der Waals surface area contributed by atoms with Gasteiger partial charge in [0.2, 0.25) is 0 Å². The van der Waals surface area contributed by atoms with Crippen molar-refractivity contribution in [3.63, 3.8) is 0 Å². The Morgan fingerprint density at radius 3 is 2.29 bits per heavy atom. The van der Waals surface area contributed by atoms with Crippen LogP contribution in [-0.4, -0.2) is 38.3 Å². The lowest BCUT2D eigenvalue weighted by molar-refractivity contribution is -0.0421. The molecule has 0 saturated carbocycles. The molecule has 0 aromatic heterocycles. The van der Waals surface area contributed by atoms with Gasteiger partial charge in [-0.2, -0.15) is 0 Å². The van der Waals surface area contributed by atoms with Crippen LogP contribution in [0.1, 0.15) is 34.6 Å². The molecule has 1 aliphatic heterocycles. The Labute approximate surface area is 106 Å². The second-order valence-electron chi connectivity index (χ2n) is 6.41. The highest BCUT2D eigenvalue weighted by Gasteiger charge is 2.32. The summed E-state index contributed by atoms with van der Waals surface area (Å²) in [5.74, 6) is 2.41. The first-order chi connectivity index (χ1) is 7.71. The zero-order valence-corrected chi connectivity index (χ0v) is 12.3. The second-order valence-corrected chi connectivity index (χ2v) is 6.41. The van der Waals surface area contributed by atoms with Crippen molar-refractivity contribution in [2.45, 2.75) is 40.7 Å². The third-order valence-electron chi connectivity index (χ3n) is 2.71. The molecule has 17 heavy (non-hydrogen) atoms. The van der Waals surface area contributed by atoms with Gasteiger partial charge in [-0.05, 0) is 14.1 Å². The number of hydrogen-bond donors (Lipinski definition) is 0. The van der Waals surface area contributed by atoms with Crippen LogP contribution in [-0.2, 0) is 9.47 Å². The van der Waals surface area contributed by atoms with Crippen LogP contribution in [0, 0.1) is 11.3 Å². The Balaban J connectivity index is 2.87. The van der Waals surface area contributed by atoms with E-state index in [2.05, 4.69) is 53.6 Å². The predicted molar refractivity (Wildman–Crippen MR) is 70.7 cm³/mol. The number of allylic oxidation sites excluding steroid dienone is 2. The number of ether oxygens (including phenoxy) is 2. The molecule has 1 aliphatic rings. The summed E-state index contributed by atoms with van der Waals surface area (Å²) in [5, 5.41) is 0. The minimum absolute atomic E-state index is 0.0166. The van der Waals surface area contributed by atoms with E-state index in [1.165, 1.54) is 0 Å². The standard InChI is InChI=1S/C14H27NO2/c1-10(2)12-13(14(3,4)5)16-9-11(17-12)8-15(6)7/h10-11H,8-9H2,1-7H3. The van der Waals surface area contributed by atoms with Crippen LogP contribution < -0.4 is 0 Å². The van der Waals surface area contributed by atoms with Gasteiger partial charge in [-0.15, -0.1) is 0 Å². The summed E-state index contributed by atoms with van der Waals surface area (Å²) < 4.78 is 12.1. The van der Waals surface area contributed by atoms with E-state index < -0.39 is 0 Å². The number of rotatable bonds is 3. The Bertz CT molecular complexity index is 287. The maximum absolute atomic E-state index is 6.11. The molecule has 3 nitrogen and oxygen atoms in total. The molecule has 0 aromatic rings. The number of likely N-dealkylation sites (N-methyl/N-ethyl adjacent to an activating group) is 1. The van der Waals surface area contributed by atoms with E-state index in [0.29, 0.717) is 12.5 Å². The average Bonchev–Trinajstić information content (AvgIpc) is 2.14. The molecule has 0 bridgehead atoms. The quantitative estimate of drug-likeness (QED) is 0.758. The van der Waals surface area contributed by atoms with Crippen LogP contribution in [0.2, 0.25) is 0 Å². The maximum Gasteiger partial charge on any atom is 0.145 e. The minimum atomic E-state index is 0.0166. The van der Waals surface area contributed by atoms with Gasteiger partial charge in [0.05, 0.1) is 0 Å². The van der Waals surface area contributed by atoms with E-state index in [-0.39, 0.29) is 11.5 Å². The van der Waals surface area contributed by atoms with Gasteiger partial charge in [-0.1, -0.05) is 34.6 Å². The summed E-state index contributed by atoms with van der Waals surface area (Å²) in [6, 6.07) is 0. The van der Waals surface area contributed by atoms with Crippen LogP contribution in [0.4, 0.5) is 0 Å². The van der Waals surface area contributed by atoms with Crippen LogP contribution in [0.25, 0.3) is 0 Å². The molecule has 1 rings (SSSR count). The fraction of sp³-hybridized carbons (Fsp3) is 0.857. The Morgan fingerprint density at radius 1 is 1.29 bits per heavy atom. The molecule has 0 amide bonds. The van der Waals surface area contributed by atoms with Crippen molar-refractivity contribution in [3.05, 3.63) is 11.5 Å². The van der Waals surface area contributed by atoms with Gasteiger partial charge in [0.25, 0.3) is 0 Å². The van der Waals surface area contributed by atoms with E-state index >= 15 is 0 Å². The molecular formula is C14H27NO2. The van der Waals surface area contributed by atoms with Gasteiger partial charge in [0.1, 0.15) is 24.2 Å². The molecule has 0 radical (unpaired) electrons. The molecule has 3 heteroatoms. The first-order valence-electron chi connectivity index (χ1n) is 6.40. The van der Waals surface area contributed by atoms with Crippen LogP contribution >= 0.6 is 0 Å². The lowest BCUT2D eigenvalue weighted by atomic mass is 9.90. The highest BCUT2D eigenvalue weighted by atomic mass is 16.6. The summed E-state index contributed by atoms with van der Waals surface area (Å²) >= 11 is 0. The van der Waals surface area contributed by atoms with Gasteiger partial charge >= 0.3 is 0 Å². The van der Waals surface area contributed by atoms with Gasteiger partial charge < -0.3 is 14.4 Å². The van der Waals surface area contributed by atoms with Crippen molar-refractivity contribution in [1.82, 2.24) is 4.90 Å². The largest absolute Gasteiger partial charge is 0.490 e. The minimum Gasteiger partial charge on any atom is -0.490 e. The predicted octanol–water partition coefficient (Wildman–Crippen LogP) is 2.88. The summed E-state index contributed by atoms with van der Waals surface area (Å²) in [6.45, 7) is 12.4. The third-order valence-corrected chi connectivity index (χ3v) is 2.71. The van der Waals surface area contributed by atoms with Crippen LogP contribution in [0.3, 0.4) is 0 Å². The van der Waals surface area contributed by atoms with Crippen molar-refractivity contribution in [1.29, 1.82) is 0 Å². The van der Waals surface area contributed by atoms with Crippen molar-refractivity contribution < 1.29 is 9.47 Å². The molecule has 100 valence electrons. The SMILES string of the molecule is CC(C)C1=C(C(C)(C)C)OCC(CN(C)C)O1. The Hall–Kier alpha value is -0.700. The van der Waals surface area contributed by atoms with E-state index in [0.717, 1.165) is 18.1 Å². The van der Waals surface area contributed by atoms with Crippen LogP contribution in [0.15, 0.2) is 11.5 Å². The topological polar surface area (TPSA) is 21.7 Å². The molecule has 1 unspecified atom stereocenters. The summed E-state index contributed by atoms with van der Waals surface area (Å²) in [4.78, 5) is 2.13. The molecule has 1 heterocycles. The smallest absolute Gasteiger partial charge is 0.145 e. The average molecular weight is 241 g/mol. The first-order valence-corrected chi connectivity index (χ1v) is 6.40. The molecule has 0 N–H and O–H groups in total. The fourth-order valence-corrected chi connectivity index (χ4v) is 2.00. The van der Waals surface area contributed by atoms with E-state index in [4.69, 9.17) is 9.47 Å². The third kappa shape index (κ3) is 3.91. The normalized spacial score (nSPS) is 21.8. The van der Waals surface area contributed by atoms with Crippen molar-refractivity contribution in [2.24, 2.45) is 11.3 Å². The maximum atomic E-state index is 6.11. The van der Waals surface area contributed by atoms with Crippen LogP contribution in [0.5, 0.6) is 0 Å². The van der Waals surface area contributed by atoms with Crippen molar-refractivity contribution in [2.75, 3.05) is 27.2 Å². The zero-order chi connectivity index (χ0) is 13.2. The number of nitrogens with zero attached hydrogens (tertiary/aromatic N) is 1. The van der Waals surface area contributed by atoms with Gasteiger partial charge in [-0.25, -0.2) is 0 Å². The molecule has 1 atom stereocenters. The highest BCUT2D eigenvalue weighted by molar-refractivity contribution is 5.13. The van der Waals surface area contributed by atoms with Gasteiger partial charge in [0.15, 0.2) is 0 Å². The molecule has 0 spiro atoms.